The standard InChI is InChI=1S/C11H13BrN2O5/c1-3-19-10(16)5-9(15)13-14-6-7(12)4-8(14)11(17)18-2/h4,6H,3,5H2,1-2H3,(H,13,15). The number of esters is 2. The first kappa shape index (κ1) is 15.2. The second-order valence-corrected chi connectivity index (χ2v) is 4.34. The van der Waals surface area contributed by atoms with Gasteiger partial charge in [0.2, 0.25) is 5.91 Å². The summed E-state index contributed by atoms with van der Waals surface area (Å²) in [6.07, 6.45) is 1.04. The molecule has 0 aromatic carbocycles. The fraction of sp³-hybridized carbons (Fsp3) is 0.364. The third-order valence-corrected chi connectivity index (χ3v) is 2.47. The van der Waals surface area contributed by atoms with Gasteiger partial charge in [0.15, 0.2) is 0 Å². The summed E-state index contributed by atoms with van der Waals surface area (Å²) >= 11 is 3.17. The van der Waals surface area contributed by atoms with Crippen LogP contribution in [-0.2, 0) is 19.1 Å². The van der Waals surface area contributed by atoms with Gasteiger partial charge in [0.1, 0.15) is 12.1 Å². The molecular weight excluding hydrogens is 320 g/mol. The Morgan fingerprint density at radius 2 is 2.11 bits per heavy atom. The number of carbonyl (C=O) groups excluding carboxylic acids is 3. The normalized spacial score (nSPS) is 9.84. The van der Waals surface area contributed by atoms with Crippen LogP contribution >= 0.6 is 15.9 Å². The number of methoxy groups -OCH3 is 1. The van der Waals surface area contributed by atoms with Gasteiger partial charge in [-0.2, -0.15) is 0 Å². The topological polar surface area (TPSA) is 86.6 Å². The highest BCUT2D eigenvalue weighted by molar-refractivity contribution is 9.10. The third-order valence-electron chi connectivity index (χ3n) is 2.04. The second kappa shape index (κ2) is 6.93. The summed E-state index contributed by atoms with van der Waals surface area (Å²) in [4.78, 5) is 34.1. The average Bonchev–Trinajstić information content (AvgIpc) is 2.69. The predicted octanol–water partition coefficient (Wildman–Crippen LogP) is 1.06. The van der Waals surface area contributed by atoms with E-state index in [4.69, 9.17) is 0 Å². The van der Waals surface area contributed by atoms with E-state index in [1.807, 2.05) is 0 Å². The minimum atomic E-state index is -0.633. The Labute approximate surface area is 118 Å². The van der Waals surface area contributed by atoms with Crippen molar-refractivity contribution in [3.05, 3.63) is 22.4 Å². The van der Waals surface area contributed by atoms with Crippen LogP contribution in [0.5, 0.6) is 0 Å². The van der Waals surface area contributed by atoms with E-state index >= 15 is 0 Å². The highest BCUT2D eigenvalue weighted by atomic mass is 79.9. The first-order valence-corrected chi connectivity index (χ1v) is 6.19. The molecule has 1 heterocycles. The summed E-state index contributed by atoms with van der Waals surface area (Å²) in [5.74, 6) is -1.83. The molecule has 1 amide bonds. The molecule has 0 atom stereocenters. The molecule has 104 valence electrons. The van der Waals surface area contributed by atoms with E-state index in [2.05, 4.69) is 30.8 Å². The van der Waals surface area contributed by atoms with Crippen LogP contribution in [0.4, 0.5) is 0 Å². The molecule has 0 unspecified atom stereocenters. The number of nitrogens with zero attached hydrogens (tertiary/aromatic N) is 1. The lowest BCUT2D eigenvalue weighted by Crippen LogP contribution is -2.27. The van der Waals surface area contributed by atoms with Gasteiger partial charge in [-0.05, 0) is 28.9 Å². The summed E-state index contributed by atoms with van der Waals surface area (Å²) in [5, 5.41) is 0. The number of amides is 1. The summed E-state index contributed by atoms with van der Waals surface area (Å²) in [6.45, 7) is 1.85. The molecule has 0 saturated carbocycles. The second-order valence-electron chi connectivity index (χ2n) is 3.42. The predicted molar refractivity (Wildman–Crippen MR) is 69.1 cm³/mol. The van der Waals surface area contributed by atoms with Crippen molar-refractivity contribution in [3.63, 3.8) is 0 Å². The monoisotopic (exact) mass is 332 g/mol. The number of halogens is 1. The van der Waals surface area contributed by atoms with Gasteiger partial charge in [-0.3, -0.25) is 19.7 Å². The molecule has 8 heteroatoms. The maximum absolute atomic E-state index is 11.6. The van der Waals surface area contributed by atoms with E-state index in [1.54, 1.807) is 6.92 Å². The average molecular weight is 333 g/mol. The summed E-state index contributed by atoms with van der Waals surface area (Å²) in [7, 11) is 1.23. The zero-order valence-corrected chi connectivity index (χ0v) is 12.0. The van der Waals surface area contributed by atoms with Crippen molar-refractivity contribution in [2.24, 2.45) is 0 Å². The van der Waals surface area contributed by atoms with E-state index in [0.717, 1.165) is 0 Å². The summed E-state index contributed by atoms with van der Waals surface area (Å²) < 4.78 is 11.0. The number of hydrogen-bond donors (Lipinski definition) is 1. The molecule has 1 rings (SSSR count). The van der Waals surface area contributed by atoms with Crippen molar-refractivity contribution in [2.45, 2.75) is 13.3 Å². The van der Waals surface area contributed by atoms with Crippen molar-refractivity contribution in [1.29, 1.82) is 0 Å². The molecule has 0 radical (unpaired) electrons. The Balaban J connectivity index is 2.74. The lowest BCUT2D eigenvalue weighted by Gasteiger charge is -2.09. The number of hydrogen-bond acceptors (Lipinski definition) is 5. The SMILES string of the molecule is CCOC(=O)CC(=O)Nn1cc(Br)cc1C(=O)OC. The smallest absolute Gasteiger partial charge is 0.356 e. The van der Waals surface area contributed by atoms with Crippen LogP contribution in [-0.4, -0.2) is 36.2 Å². The Kier molecular flexibility index (Phi) is 5.56. The summed E-state index contributed by atoms with van der Waals surface area (Å²) in [5.41, 5.74) is 2.51. The van der Waals surface area contributed by atoms with E-state index in [9.17, 15) is 14.4 Å². The highest BCUT2D eigenvalue weighted by Gasteiger charge is 2.16. The van der Waals surface area contributed by atoms with Gasteiger partial charge in [0.25, 0.3) is 0 Å². The van der Waals surface area contributed by atoms with Gasteiger partial charge < -0.3 is 9.47 Å². The third kappa shape index (κ3) is 4.40. The van der Waals surface area contributed by atoms with Crippen LogP contribution in [0.15, 0.2) is 16.7 Å². The van der Waals surface area contributed by atoms with Crippen LogP contribution in [0.3, 0.4) is 0 Å². The first-order chi connectivity index (χ1) is 8.97. The molecule has 1 aromatic rings. The van der Waals surface area contributed by atoms with Crippen LogP contribution in [0.1, 0.15) is 23.8 Å². The zero-order valence-electron chi connectivity index (χ0n) is 10.4. The van der Waals surface area contributed by atoms with Crippen LogP contribution in [0, 0.1) is 0 Å². The molecule has 0 aliphatic rings. The molecule has 0 saturated heterocycles. The molecule has 0 aliphatic carbocycles. The number of rotatable bonds is 5. The van der Waals surface area contributed by atoms with Gasteiger partial charge in [-0.15, -0.1) is 0 Å². The molecule has 7 nitrogen and oxygen atoms in total. The van der Waals surface area contributed by atoms with Crippen LogP contribution in [0.25, 0.3) is 0 Å². The fourth-order valence-corrected chi connectivity index (χ4v) is 1.72. The summed E-state index contributed by atoms with van der Waals surface area (Å²) in [6, 6.07) is 1.48. The molecule has 19 heavy (non-hydrogen) atoms. The number of nitrogens with one attached hydrogen (secondary N) is 1. The van der Waals surface area contributed by atoms with Crippen molar-refractivity contribution in [3.8, 4) is 0 Å². The van der Waals surface area contributed by atoms with Crippen LogP contribution in [0.2, 0.25) is 0 Å². The lowest BCUT2D eigenvalue weighted by molar-refractivity contribution is -0.145. The first-order valence-electron chi connectivity index (χ1n) is 5.39. The van der Waals surface area contributed by atoms with E-state index < -0.39 is 24.3 Å². The zero-order chi connectivity index (χ0) is 14.4. The number of carbonyl (C=O) groups is 3. The van der Waals surface area contributed by atoms with Gasteiger partial charge in [0, 0.05) is 10.7 Å². The van der Waals surface area contributed by atoms with E-state index in [0.29, 0.717) is 4.47 Å². The minimum Gasteiger partial charge on any atom is -0.466 e. The fourth-order valence-electron chi connectivity index (χ4n) is 1.30. The largest absolute Gasteiger partial charge is 0.466 e. The van der Waals surface area contributed by atoms with Crippen molar-refractivity contribution in [2.75, 3.05) is 19.1 Å². The molecule has 0 bridgehead atoms. The van der Waals surface area contributed by atoms with E-state index in [-0.39, 0.29) is 12.3 Å². The highest BCUT2D eigenvalue weighted by Crippen LogP contribution is 2.14. The molecule has 0 spiro atoms. The Morgan fingerprint density at radius 3 is 2.68 bits per heavy atom. The van der Waals surface area contributed by atoms with Crippen LogP contribution < -0.4 is 5.43 Å². The van der Waals surface area contributed by atoms with Gasteiger partial charge in [-0.1, -0.05) is 0 Å². The Morgan fingerprint density at radius 1 is 1.42 bits per heavy atom. The van der Waals surface area contributed by atoms with Crippen molar-refractivity contribution >= 4 is 33.8 Å². The lowest BCUT2D eigenvalue weighted by atomic mass is 10.4. The molecule has 1 N–H and O–H groups in total. The molecule has 1 aromatic heterocycles. The minimum absolute atomic E-state index is 0.131. The van der Waals surface area contributed by atoms with Crippen molar-refractivity contribution < 1.29 is 23.9 Å². The molecule has 0 aliphatic heterocycles. The number of aromatic nitrogens is 1. The molecular formula is C11H13BrN2O5. The number of ether oxygens (including phenoxy) is 2. The Hall–Kier alpha value is -1.83. The maximum atomic E-state index is 11.6. The van der Waals surface area contributed by atoms with Gasteiger partial charge >= 0.3 is 11.9 Å². The maximum Gasteiger partial charge on any atom is 0.356 e. The van der Waals surface area contributed by atoms with E-state index in [1.165, 1.54) is 24.0 Å². The van der Waals surface area contributed by atoms with Gasteiger partial charge in [-0.25, -0.2) is 4.79 Å². The van der Waals surface area contributed by atoms with Crippen molar-refractivity contribution in [1.82, 2.24) is 4.68 Å². The quantitative estimate of drug-likeness (QED) is 0.643. The molecule has 0 fully saturated rings. The van der Waals surface area contributed by atoms with Gasteiger partial charge in [0.05, 0.1) is 13.7 Å². The Bertz CT molecular complexity index is 497.